The molecule has 4 heteroatoms. The van der Waals surface area contributed by atoms with E-state index in [1.807, 2.05) is 13.8 Å². The summed E-state index contributed by atoms with van der Waals surface area (Å²) in [4.78, 5) is 15.6. The predicted octanol–water partition coefficient (Wildman–Crippen LogP) is 1.33. The van der Waals surface area contributed by atoms with Gasteiger partial charge >= 0.3 is 5.97 Å². The molecule has 2 unspecified atom stereocenters. The van der Waals surface area contributed by atoms with Crippen LogP contribution in [0.15, 0.2) is 12.1 Å². The van der Waals surface area contributed by atoms with Crippen LogP contribution >= 0.6 is 0 Å². The van der Waals surface area contributed by atoms with E-state index in [-0.39, 0.29) is 18.0 Å². The molecule has 2 rings (SSSR count). The number of pyridine rings is 1. The lowest BCUT2D eigenvalue weighted by molar-refractivity contribution is 0.0235. The first-order chi connectivity index (χ1) is 6.59. The molecule has 74 valence electrons. The Kier molecular flexibility index (Phi) is 1.91. The minimum atomic E-state index is -0.307. The number of rotatable bonds is 0. The number of aromatic nitrogens is 1. The molecule has 0 radical (unpaired) electrons. The molecule has 0 saturated carbocycles. The zero-order valence-corrected chi connectivity index (χ0v) is 8.15. The highest BCUT2D eigenvalue weighted by Gasteiger charge is 2.31. The van der Waals surface area contributed by atoms with Crippen molar-refractivity contribution in [2.75, 3.05) is 5.73 Å². The van der Waals surface area contributed by atoms with Crippen molar-refractivity contribution in [3.05, 3.63) is 23.4 Å². The van der Waals surface area contributed by atoms with Gasteiger partial charge in [0.05, 0.1) is 11.3 Å². The molecule has 0 fully saturated rings. The summed E-state index contributed by atoms with van der Waals surface area (Å²) in [5.41, 5.74) is 6.85. The third kappa shape index (κ3) is 1.23. The van der Waals surface area contributed by atoms with Crippen LogP contribution in [0.2, 0.25) is 0 Å². The van der Waals surface area contributed by atoms with E-state index in [1.165, 1.54) is 0 Å². The van der Waals surface area contributed by atoms with Crippen LogP contribution in [-0.2, 0) is 4.74 Å². The summed E-state index contributed by atoms with van der Waals surface area (Å²) in [6.07, 6.45) is -0.135. The lowest BCUT2D eigenvalue weighted by Crippen LogP contribution is -2.29. The van der Waals surface area contributed by atoms with Crippen molar-refractivity contribution in [1.82, 2.24) is 4.98 Å². The van der Waals surface area contributed by atoms with Gasteiger partial charge in [0.2, 0.25) is 0 Å². The number of esters is 1. The van der Waals surface area contributed by atoms with Crippen LogP contribution in [0.3, 0.4) is 0 Å². The molecule has 2 heterocycles. The normalized spacial score (nSPS) is 25.4. The Morgan fingerprint density at radius 2 is 2.14 bits per heavy atom. The first-order valence-corrected chi connectivity index (χ1v) is 4.57. The van der Waals surface area contributed by atoms with Crippen molar-refractivity contribution in [2.45, 2.75) is 25.9 Å². The van der Waals surface area contributed by atoms with Gasteiger partial charge in [-0.15, -0.1) is 0 Å². The number of nitrogens with two attached hydrogens (primary N) is 1. The molecule has 1 aromatic heterocycles. The summed E-state index contributed by atoms with van der Waals surface area (Å²) in [6, 6.07) is 3.28. The van der Waals surface area contributed by atoms with Gasteiger partial charge in [-0.05, 0) is 19.1 Å². The Morgan fingerprint density at radius 1 is 1.43 bits per heavy atom. The van der Waals surface area contributed by atoms with Crippen molar-refractivity contribution in [3.8, 4) is 0 Å². The summed E-state index contributed by atoms with van der Waals surface area (Å²) in [5.74, 6) is 0.238. The molecule has 0 bridgehead atoms. The molecule has 0 amide bonds. The average molecular weight is 192 g/mol. The van der Waals surface area contributed by atoms with Crippen molar-refractivity contribution in [1.29, 1.82) is 0 Å². The number of cyclic esters (lactones) is 1. The predicted molar refractivity (Wildman–Crippen MR) is 51.9 cm³/mol. The molecule has 2 atom stereocenters. The molecule has 4 nitrogen and oxygen atoms in total. The van der Waals surface area contributed by atoms with Crippen molar-refractivity contribution < 1.29 is 9.53 Å². The number of hydrogen-bond acceptors (Lipinski definition) is 4. The van der Waals surface area contributed by atoms with Crippen LogP contribution in [0.1, 0.15) is 35.8 Å². The van der Waals surface area contributed by atoms with Gasteiger partial charge in [0.1, 0.15) is 11.9 Å². The second-order valence-electron chi connectivity index (χ2n) is 3.57. The van der Waals surface area contributed by atoms with E-state index >= 15 is 0 Å². The molecular formula is C10H12N2O2. The fraction of sp³-hybridized carbons (Fsp3) is 0.400. The van der Waals surface area contributed by atoms with Gasteiger partial charge in [-0.25, -0.2) is 9.78 Å². The number of nitrogens with zero attached hydrogens (tertiary/aromatic N) is 1. The topological polar surface area (TPSA) is 65.2 Å². The Balaban J connectivity index is 2.56. The number of ether oxygens (including phenoxy) is 1. The third-order valence-electron chi connectivity index (χ3n) is 2.59. The molecule has 0 aromatic carbocycles. The number of anilines is 1. The van der Waals surface area contributed by atoms with Crippen molar-refractivity contribution in [3.63, 3.8) is 0 Å². The van der Waals surface area contributed by atoms with Gasteiger partial charge in [-0.3, -0.25) is 0 Å². The smallest absolute Gasteiger partial charge is 0.340 e. The van der Waals surface area contributed by atoms with Crippen molar-refractivity contribution >= 4 is 11.8 Å². The lowest BCUT2D eigenvalue weighted by Gasteiger charge is -2.27. The molecule has 1 aliphatic heterocycles. The molecule has 0 saturated heterocycles. The summed E-state index contributed by atoms with van der Waals surface area (Å²) >= 11 is 0. The number of fused-ring (bicyclic) bond motifs is 1. The standard InChI is InChI=1S/C10H12N2O2/c1-5-6(2)14-10(13)7-3-4-8(11)12-9(5)7/h3-6H,1-2H3,(H2,11,12). The third-order valence-corrected chi connectivity index (χ3v) is 2.59. The highest BCUT2D eigenvalue weighted by molar-refractivity contribution is 5.92. The zero-order valence-electron chi connectivity index (χ0n) is 8.15. The number of carbonyl (C=O) groups is 1. The Hall–Kier alpha value is -1.58. The second kappa shape index (κ2) is 2.97. The van der Waals surface area contributed by atoms with Crippen LogP contribution in [0.5, 0.6) is 0 Å². The second-order valence-corrected chi connectivity index (χ2v) is 3.57. The molecule has 1 aliphatic rings. The van der Waals surface area contributed by atoms with E-state index in [2.05, 4.69) is 4.98 Å². The molecule has 1 aromatic rings. The Labute approximate surface area is 82.1 Å². The monoisotopic (exact) mass is 192 g/mol. The molecular weight excluding hydrogens is 180 g/mol. The first-order valence-electron chi connectivity index (χ1n) is 4.57. The SMILES string of the molecule is CC1OC(=O)c2ccc(N)nc2C1C. The first kappa shape index (κ1) is 8.99. The van der Waals surface area contributed by atoms with Gasteiger partial charge in [-0.2, -0.15) is 0 Å². The van der Waals surface area contributed by atoms with Gasteiger partial charge in [0.15, 0.2) is 0 Å². The van der Waals surface area contributed by atoms with Crippen LogP contribution in [0, 0.1) is 0 Å². The lowest BCUT2D eigenvalue weighted by atomic mass is 9.94. The maximum absolute atomic E-state index is 11.4. The van der Waals surface area contributed by atoms with Crippen LogP contribution in [-0.4, -0.2) is 17.1 Å². The van der Waals surface area contributed by atoms with E-state index < -0.39 is 0 Å². The summed E-state index contributed by atoms with van der Waals surface area (Å²) in [6.45, 7) is 3.83. The average Bonchev–Trinajstić information content (AvgIpc) is 2.14. The van der Waals surface area contributed by atoms with E-state index in [1.54, 1.807) is 12.1 Å². The van der Waals surface area contributed by atoms with Crippen molar-refractivity contribution in [2.24, 2.45) is 0 Å². The fourth-order valence-electron chi connectivity index (χ4n) is 1.57. The maximum Gasteiger partial charge on any atom is 0.340 e. The quantitative estimate of drug-likeness (QED) is 0.630. The van der Waals surface area contributed by atoms with Crippen LogP contribution in [0.4, 0.5) is 5.82 Å². The summed E-state index contributed by atoms with van der Waals surface area (Å²) in [7, 11) is 0. The van der Waals surface area contributed by atoms with E-state index in [9.17, 15) is 4.79 Å². The van der Waals surface area contributed by atoms with E-state index in [0.717, 1.165) is 5.69 Å². The highest BCUT2D eigenvalue weighted by atomic mass is 16.5. The summed E-state index contributed by atoms with van der Waals surface area (Å²) in [5, 5.41) is 0. The van der Waals surface area contributed by atoms with Gasteiger partial charge < -0.3 is 10.5 Å². The molecule has 0 spiro atoms. The van der Waals surface area contributed by atoms with E-state index in [4.69, 9.17) is 10.5 Å². The maximum atomic E-state index is 11.4. The van der Waals surface area contributed by atoms with Crippen LogP contribution in [0.25, 0.3) is 0 Å². The van der Waals surface area contributed by atoms with Gasteiger partial charge in [0, 0.05) is 5.92 Å². The fourth-order valence-corrected chi connectivity index (χ4v) is 1.57. The van der Waals surface area contributed by atoms with Crippen LogP contribution < -0.4 is 5.73 Å². The van der Waals surface area contributed by atoms with E-state index in [0.29, 0.717) is 11.4 Å². The minimum Gasteiger partial charge on any atom is -0.458 e. The highest BCUT2D eigenvalue weighted by Crippen LogP contribution is 2.29. The zero-order chi connectivity index (χ0) is 10.3. The molecule has 14 heavy (non-hydrogen) atoms. The molecule has 0 aliphatic carbocycles. The van der Waals surface area contributed by atoms with Gasteiger partial charge in [0.25, 0.3) is 0 Å². The minimum absolute atomic E-state index is 0.103. The Morgan fingerprint density at radius 3 is 2.86 bits per heavy atom. The van der Waals surface area contributed by atoms with Gasteiger partial charge in [-0.1, -0.05) is 6.92 Å². The number of nitrogen functional groups attached to an aromatic ring is 1. The largest absolute Gasteiger partial charge is 0.458 e. The molecule has 2 N–H and O–H groups in total. The number of hydrogen-bond donors (Lipinski definition) is 1. The Bertz CT molecular complexity index is 390. The number of carbonyl (C=O) groups excluding carboxylic acids is 1. The summed E-state index contributed by atoms with van der Waals surface area (Å²) < 4.78 is 5.15.